The predicted molar refractivity (Wildman–Crippen MR) is 200 cm³/mol. The fourth-order valence-electron chi connectivity index (χ4n) is 5.16. The van der Waals surface area contributed by atoms with E-state index in [1.807, 2.05) is 133 Å². The summed E-state index contributed by atoms with van der Waals surface area (Å²) in [5.74, 6) is 0. The topological polar surface area (TPSA) is 51.6 Å². The Bertz CT molecular complexity index is 2110. The van der Waals surface area contributed by atoms with Crippen molar-refractivity contribution in [1.82, 2.24) is 19.9 Å². The molecule has 0 aliphatic rings. The van der Waals surface area contributed by atoms with Crippen molar-refractivity contribution < 1.29 is 42.1 Å². The summed E-state index contributed by atoms with van der Waals surface area (Å²) in [7, 11) is 0. The quantitative estimate of drug-likeness (QED) is 0.165. The molecule has 250 valence electrons. The van der Waals surface area contributed by atoms with Gasteiger partial charge in [-0.1, -0.05) is 80.2 Å². The summed E-state index contributed by atoms with van der Waals surface area (Å²) in [4.78, 5) is 17.3. The Hall–Kier alpha value is -4.92. The summed E-state index contributed by atoms with van der Waals surface area (Å²) in [6, 6.07) is 60.9. The Morgan fingerprint density at radius 1 is 0.353 bits per heavy atom. The van der Waals surface area contributed by atoms with Gasteiger partial charge in [0.05, 0.1) is 0 Å². The van der Waals surface area contributed by atoms with Gasteiger partial charge in [-0.25, -0.2) is 0 Å². The third-order valence-corrected chi connectivity index (χ3v) is 8.57. The molecule has 0 N–H and O–H groups in total. The van der Waals surface area contributed by atoms with Crippen LogP contribution in [-0.4, -0.2) is 19.9 Å². The number of aromatic nitrogens is 4. The molecule has 7 heteroatoms. The second-order valence-electron chi connectivity index (χ2n) is 10.7. The van der Waals surface area contributed by atoms with Crippen molar-refractivity contribution in [1.29, 1.82) is 0 Å². The van der Waals surface area contributed by atoms with Crippen molar-refractivity contribution in [3.63, 3.8) is 0 Å². The normalized spacial score (nSPS) is 10.0. The van der Waals surface area contributed by atoms with Crippen LogP contribution in [0, 0.1) is 24.3 Å². The summed E-state index contributed by atoms with van der Waals surface area (Å²) >= 11 is 1.75. The molecule has 5 heterocycles. The molecule has 4 nitrogen and oxygen atoms in total. The van der Waals surface area contributed by atoms with Gasteiger partial charge in [0.1, 0.15) is 0 Å². The maximum absolute atomic E-state index is 4.33. The van der Waals surface area contributed by atoms with E-state index in [4.69, 9.17) is 0 Å². The van der Waals surface area contributed by atoms with Gasteiger partial charge in [0.2, 0.25) is 0 Å². The zero-order chi connectivity index (χ0) is 33.1. The van der Waals surface area contributed by atoms with E-state index < -0.39 is 0 Å². The van der Waals surface area contributed by atoms with Crippen LogP contribution in [0.25, 0.3) is 65.2 Å². The number of hydrogen-bond acceptors (Lipinski definition) is 5. The minimum atomic E-state index is 0. The van der Waals surface area contributed by atoms with Crippen molar-refractivity contribution >= 4 is 31.5 Å². The molecule has 0 atom stereocenters. The standard InChI is InChI=1S/2C16H11N2.C12H6S.2Pt/c2*1-3-10-17-15(8-1)13-6-5-7-14(12-13)16-9-2-4-11-18-16;1-3-7-11-9(5-1)10-6-2-4-8-12(10)13-11;;/h2*1-11H;1-6H;;/q2*-1;-2;2*+2. The monoisotopic (exact) mass is 1030 g/mol. The minimum Gasteiger partial charge on any atom is -0.295 e. The van der Waals surface area contributed by atoms with Crippen LogP contribution in [0.3, 0.4) is 0 Å². The molecular formula is C44H28N4Pt2S. The Kier molecular flexibility index (Phi) is 13.8. The third kappa shape index (κ3) is 9.66. The van der Waals surface area contributed by atoms with Crippen molar-refractivity contribution in [3.8, 4) is 45.0 Å². The van der Waals surface area contributed by atoms with E-state index in [-0.39, 0.29) is 42.1 Å². The van der Waals surface area contributed by atoms with Crippen LogP contribution < -0.4 is 0 Å². The molecule has 51 heavy (non-hydrogen) atoms. The van der Waals surface area contributed by atoms with Crippen LogP contribution in [0.4, 0.5) is 0 Å². The number of rotatable bonds is 4. The fourth-order valence-corrected chi connectivity index (χ4v) is 6.20. The molecule has 0 spiro atoms. The fraction of sp³-hybridized carbons (Fsp3) is 0. The first kappa shape index (κ1) is 37.3. The van der Waals surface area contributed by atoms with Crippen molar-refractivity contribution in [2.24, 2.45) is 0 Å². The first-order chi connectivity index (χ1) is 24.3. The zero-order valence-corrected chi connectivity index (χ0v) is 32.4. The van der Waals surface area contributed by atoms with Crippen LogP contribution in [0.15, 0.2) is 170 Å². The molecule has 9 rings (SSSR count). The van der Waals surface area contributed by atoms with E-state index in [1.165, 1.54) is 20.2 Å². The third-order valence-electron chi connectivity index (χ3n) is 7.48. The molecule has 0 fully saturated rings. The largest absolute Gasteiger partial charge is 2.00 e. The number of thiophene rings is 1. The first-order valence-electron chi connectivity index (χ1n) is 15.7. The molecular weight excluding hydrogens is 1010 g/mol. The van der Waals surface area contributed by atoms with Gasteiger partial charge in [0.25, 0.3) is 0 Å². The molecule has 0 aliphatic heterocycles. The molecule has 0 radical (unpaired) electrons. The number of pyridine rings is 4. The van der Waals surface area contributed by atoms with E-state index in [2.05, 4.69) is 56.3 Å². The Morgan fingerprint density at radius 2 is 0.686 bits per heavy atom. The van der Waals surface area contributed by atoms with E-state index in [9.17, 15) is 0 Å². The Morgan fingerprint density at radius 3 is 0.980 bits per heavy atom. The second kappa shape index (κ2) is 18.9. The van der Waals surface area contributed by atoms with E-state index in [0.717, 1.165) is 45.0 Å². The van der Waals surface area contributed by atoms with Crippen LogP contribution in [0.2, 0.25) is 0 Å². The van der Waals surface area contributed by atoms with Gasteiger partial charge in [-0.2, -0.15) is 70.6 Å². The summed E-state index contributed by atoms with van der Waals surface area (Å²) in [6.45, 7) is 0. The maximum Gasteiger partial charge on any atom is 2.00 e. The molecule has 0 unspecified atom stereocenters. The maximum atomic E-state index is 4.33. The number of benzene rings is 4. The molecule has 0 amide bonds. The molecule has 5 aromatic heterocycles. The van der Waals surface area contributed by atoms with Crippen LogP contribution in [-0.2, 0) is 42.1 Å². The van der Waals surface area contributed by atoms with Gasteiger partial charge in [-0.3, -0.25) is 19.9 Å². The van der Waals surface area contributed by atoms with Crippen molar-refractivity contribution in [2.75, 3.05) is 0 Å². The van der Waals surface area contributed by atoms with Gasteiger partial charge < -0.3 is 0 Å². The van der Waals surface area contributed by atoms with E-state index in [1.54, 1.807) is 36.1 Å². The van der Waals surface area contributed by atoms with E-state index in [0.29, 0.717) is 0 Å². The average Bonchev–Trinajstić information content (AvgIpc) is 3.59. The van der Waals surface area contributed by atoms with Gasteiger partial charge in [0.15, 0.2) is 0 Å². The summed E-state index contributed by atoms with van der Waals surface area (Å²) in [5, 5.41) is 2.58. The van der Waals surface area contributed by atoms with Crippen LogP contribution in [0.1, 0.15) is 0 Å². The first-order valence-corrected chi connectivity index (χ1v) is 16.5. The predicted octanol–water partition coefficient (Wildman–Crippen LogP) is 10.9. The van der Waals surface area contributed by atoms with Gasteiger partial charge in [-0.15, -0.1) is 48.5 Å². The Balaban J connectivity index is 0.000000147. The van der Waals surface area contributed by atoms with Crippen LogP contribution in [0.5, 0.6) is 0 Å². The number of fused-ring (bicyclic) bond motifs is 3. The van der Waals surface area contributed by atoms with Crippen LogP contribution >= 0.6 is 11.3 Å². The summed E-state index contributed by atoms with van der Waals surface area (Å²) < 4.78 is 2.44. The van der Waals surface area contributed by atoms with Crippen molar-refractivity contribution in [3.05, 3.63) is 195 Å². The van der Waals surface area contributed by atoms with Crippen molar-refractivity contribution in [2.45, 2.75) is 0 Å². The van der Waals surface area contributed by atoms with Gasteiger partial charge >= 0.3 is 42.1 Å². The van der Waals surface area contributed by atoms with Gasteiger partial charge in [-0.05, 0) is 24.3 Å². The summed E-state index contributed by atoms with van der Waals surface area (Å²) in [6.07, 6.45) is 7.15. The zero-order valence-electron chi connectivity index (χ0n) is 27.0. The van der Waals surface area contributed by atoms with E-state index >= 15 is 0 Å². The Labute approximate surface area is 330 Å². The second-order valence-corrected chi connectivity index (χ2v) is 11.8. The molecule has 0 bridgehead atoms. The van der Waals surface area contributed by atoms with Gasteiger partial charge in [0, 0.05) is 47.6 Å². The summed E-state index contributed by atoms with van der Waals surface area (Å²) in [5.41, 5.74) is 7.64. The molecule has 9 aromatic rings. The minimum absolute atomic E-state index is 0. The number of nitrogens with zero attached hydrogens (tertiary/aromatic N) is 4. The average molecular weight is 1030 g/mol. The molecule has 4 aromatic carbocycles. The molecule has 0 aliphatic carbocycles. The molecule has 0 saturated carbocycles. The number of hydrogen-bond donors (Lipinski definition) is 0. The smallest absolute Gasteiger partial charge is 0.295 e. The molecule has 0 saturated heterocycles. The SMILES string of the molecule is [Pt+2].[Pt+2].[c-]1c(-c2ccccn2)cccc1-c1ccccn1.[c-]1c(-c2ccccn2)cccc1-c1ccccn1.[c-]1cccc2c1sc1[c-]cccc12.